The summed E-state index contributed by atoms with van der Waals surface area (Å²) in [7, 11) is -4.11. The third kappa shape index (κ3) is 7.73. The van der Waals surface area contributed by atoms with E-state index in [2.05, 4.69) is 9.71 Å². The molecule has 1 saturated heterocycles. The van der Waals surface area contributed by atoms with Crippen molar-refractivity contribution in [2.24, 2.45) is 10.9 Å². The fourth-order valence-electron chi connectivity index (χ4n) is 8.57. The Balaban J connectivity index is 1.13. The largest absolute Gasteiger partial charge is 0.457 e. The van der Waals surface area contributed by atoms with Crippen molar-refractivity contribution in [2.45, 2.75) is 102 Å². The van der Waals surface area contributed by atoms with Crippen molar-refractivity contribution < 1.29 is 37.4 Å². The van der Waals surface area contributed by atoms with Crippen LogP contribution in [0.25, 0.3) is 22.3 Å². The molecule has 0 spiro atoms. The normalized spacial score (nSPS) is 20.4. The number of sulfonamides is 1. The zero-order valence-electron chi connectivity index (χ0n) is 33.1. The van der Waals surface area contributed by atoms with E-state index in [1.54, 1.807) is 29.7 Å². The van der Waals surface area contributed by atoms with Crippen LogP contribution < -0.4 is 10.3 Å². The predicted molar refractivity (Wildman–Crippen MR) is 211 cm³/mol. The first-order valence-electron chi connectivity index (χ1n) is 19.2. The molecule has 0 aliphatic carbocycles. The number of carbonyl (C=O) groups is 2. The summed E-state index contributed by atoms with van der Waals surface area (Å²) in [5.41, 5.74) is 0.520. The van der Waals surface area contributed by atoms with Gasteiger partial charge in [0, 0.05) is 40.6 Å². The number of amidine groups is 1. The summed E-state index contributed by atoms with van der Waals surface area (Å²) < 4.78 is 48.4. The third-order valence-corrected chi connectivity index (χ3v) is 12.6. The first-order valence-corrected chi connectivity index (χ1v) is 20.7. The van der Waals surface area contributed by atoms with Gasteiger partial charge in [0.1, 0.15) is 19.0 Å². The standard InChI is InChI=1S/C42H48N5O9S/c1-7-42(32-19-34-37-29(18-28-10-8-9-11-33(28)44-37)23-46(34)38(49)31(32)25-55-39(42)50)56-36(48)22-43-35(45-57(52,53)30-14-12-26(2)13-15-30)16-17-54-24-27-20-40(3,4)47(51)41(5,6)21-27/h8-15,18-19,27H,7,16-17,20-25H2,1-6H3,(H,43,45)/t42-/m0/s1. The summed E-state index contributed by atoms with van der Waals surface area (Å²) in [5.74, 6) is -1.72. The smallest absolute Gasteiger partial charge is 0.355 e. The van der Waals surface area contributed by atoms with Crippen LogP contribution >= 0.6 is 0 Å². The molecule has 1 fully saturated rings. The number of hydrogen-bond acceptors (Lipinski definition) is 11. The third-order valence-electron chi connectivity index (χ3n) is 11.2. The van der Waals surface area contributed by atoms with Gasteiger partial charge in [-0.2, -0.15) is 0 Å². The predicted octanol–water partition coefficient (Wildman–Crippen LogP) is 5.34. The van der Waals surface area contributed by atoms with Crippen molar-refractivity contribution in [3.05, 3.63) is 93.3 Å². The Labute approximate surface area is 331 Å². The Bertz CT molecular complexity index is 2420. The molecule has 14 nitrogen and oxygen atoms in total. The highest BCUT2D eigenvalue weighted by molar-refractivity contribution is 7.90. The van der Waals surface area contributed by atoms with Gasteiger partial charge in [0.15, 0.2) is 0 Å². The highest BCUT2D eigenvalue weighted by Gasteiger charge is 2.50. The molecule has 0 amide bonds. The van der Waals surface area contributed by atoms with E-state index in [0.29, 0.717) is 30.8 Å². The molecular weight excluding hydrogens is 751 g/mol. The number of cyclic esters (lactones) is 1. The molecule has 1 radical (unpaired) electrons. The van der Waals surface area contributed by atoms with Gasteiger partial charge in [0.2, 0.25) is 5.60 Å². The van der Waals surface area contributed by atoms with Crippen LogP contribution in [0.15, 0.2) is 75.3 Å². The van der Waals surface area contributed by atoms with Crippen molar-refractivity contribution >= 4 is 38.7 Å². The maximum Gasteiger partial charge on any atom is 0.355 e. The van der Waals surface area contributed by atoms with E-state index in [9.17, 15) is 28.0 Å². The van der Waals surface area contributed by atoms with Crippen molar-refractivity contribution in [1.82, 2.24) is 19.3 Å². The van der Waals surface area contributed by atoms with Gasteiger partial charge in [-0.25, -0.2) is 23.0 Å². The van der Waals surface area contributed by atoms with Crippen LogP contribution in [0.5, 0.6) is 0 Å². The number of pyridine rings is 2. The van der Waals surface area contributed by atoms with Gasteiger partial charge in [-0.3, -0.25) is 14.5 Å². The molecule has 5 heterocycles. The summed E-state index contributed by atoms with van der Waals surface area (Å²) in [6, 6.07) is 17.6. The van der Waals surface area contributed by atoms with Crippen molar-refractivity contribution in [3.63, 3.8) is 0 Å². The first-order chi connectivity index (χ1) is 26.9. The second-order valence-electron chi connectivity index (χ2n) is 16.4. The van der Waals surface area contributed by atoms with Gasteiger partial charge in [0.25, 0.3) is 15.6 Å². The second-order valence-corrected chi connectivity index (χ2v) is 18.1. The van der Waals surface area contributed by atoms with Crippen LogP contribution in [0.1, 0.15) is 82.6 Å². The highest BCUT2D eigenvalue weighted by atomic mass is 32.2. The lowest BCUT2D eigenvalue weighted by Gasteiger charge is -2.49. The number of carbonyl (C=O) groups excluding carboxylic acids is 2. The van der Waals surface area contributed by atoms with Crippen LogP contribution in [0.4, 0.5) is 0 Å². The molecule has 2 aromatic heterocycles. The molecule has 2 aromatic carbocycles. The number of fused-ring (bicyclic) bond motifs is 5. The molecule has 3 aliphatic rings. The van der Waals surface area contributed by atoms with Crippen LogP contribution in [0.3, 0.4) is 0 Å². The number of rotatable bonds is 11. The fourth-order valence-corrected chi connectivity index (χ4v) is 9.66. The van der Waals surface area contributed by atoms with Crippen LogP contribution in [-0.2, 0) is 57.8 Å². The minimum absolute atomic E-state index is 0.000648. The summed E-state index contributed by atoms with van der Waals surface area (Å²) in [5, 5.41) is 14.9. The van der Waals surface area contributed by atoms with Crippen LogP contribution in [0, 0.1) is 12.8 Å². The quantitative estimate of drug-likeness (QED) is 0.0794. The number of para-hydroxylation sites is 1. The van der Waals surface area contributed by atoms with Crippen LogP contribution in [-0.4, -0.2) is 71.6 Å². The number of ether oxygens (including phenoxy) is 3. The molecule has 15 heteroatoms. The maximum absolute atomic E-state index is 13.9. The summed E-state index contributed by atoms with van der Waals surface area (Å²) >= 11 is 0. The Morgan fingerprint density at radius 2 is 1.74 bits per heavy atom. The molecule has 1 atom stereocenters. The van der Waals surface area contributed by atoms with E-state index in [4.69, 9.17) is 19.2 Å². The molecule has 0 bridgehead atoms. The van der Waals surface area contributed by atoms with E-state index in [0.717, 1.165) is 27.1 Å². The lowest BCUT2D eigenvalue weighted by Crippen LogP contribution is -2.58. The molecule has 57 heavy (non-hydrogen) atoms. The van der Waals surface area contributed by atoms with Crippen molar-refractivity contribution in [3.8, 4) is 11.4 Å². The number of hydroxylamine groups is 2. The number of benzene rings is 2. The molecule has 301 valence electrons. The zero-order valence-corrected chi connectivity index (χ0v) is 33.9. The number of aryl methyl sites for hydroxylation is 1. The molecule has 3 aliphatic heterocycles. The van der Waals surface area contributed by atoms with E-state index >= 15 is 0 Å². The number of esters is 2. The lowest BCUT2D eigenvalue weighted by molar-refractivity contribution is -0.295. The molecule has 1 N–H and O–H groups in total. The minimum atomic E-state index is -4.11. The average molecular weight is 799 g/mol. The molecular formula is C42H48N5O9S. The maximum atomic E-state index is 13.9. The first kappa shape index (κ1) is 40.2. The molecule has 7 rings (SSSR count). The van der Waals surface area contributed by atoms with Gasteiger partial charge in [-0.15, -0.1) is 10.3 Å². The van der Waals surface area contributed by atoms with E-state index in [1.807, 2.05) is 65.0 Å². The molecule has 4 aromatic rings. The number of piperidine rings is 1. The lowest BCUT2D eigenvalue weighted by atomic mass is 9.76. The van der Waals surface area contributed by atoms with Gasteiger partial charge in [-0.1, -0.05) is 42.8 Å². The highest BCUT2D eigenvalue weighted by Crippen LogP contribution is 2.42. The molecule has 0 unspecified atom stereocenters. The summed E-state index contributed by atoms with van der Waals surface area (Å²) in [4.78, 5) is 50.4. The van der Waals surface area contributed by atoms with Gasteiger partial charge >= 0.3 is 11.9 Å². The van der Waals surface area contributed by atoms with E-state index in [-0.39, 0.29) is 65.9 Å². The van der Waals surface area contributed by atoms with Gasteiger partial charge in [0.05, 0.1) is 40.5 Å². The topological polar surface area (TPSA) is 178 Å². The zero-order chi connectivity index (χ0) is 40.9. The Morgan fingerprint density at radius 1 is 1.04 bits per heavy atom. The minimum Gasteiger partial charge on any atom is -0.457 e. The van der Waals surface area contributed by atoms with Gasteiger partial charge < -0.3 is 18.8 Å². The second kappa shape index (κ2) is 15.1. The molecule has 0 saturated carbocycles. The summed E-state index contributed by atoms with van der Waals surface area (Å²) in [6.45, 7) is 10.9. The summed E-state index contributed by atoms with van der Waals surface area (Å²) in [6.07, 6.45) is 1.22. The van der Waals surface area contributed by atoms with Crippen molar-refractivity contribution in [1.29, 1.82) is 0 Å². The SMILES string of the molecule is CC[C@@]1(OC(=O)CN=C(CCOCC2CC(C)(C)N([O])C(C)(C)C2)NS(=O)(=O)c2ccc(C)cc2)C(=O)OCc2c1cc1n(c2=O)Cc2cc3ccccc3nc2-1. The van der Waals surface area contributed by atoms with E-state index < -0.39 is 45.2 Å². The number of nitrogens with one attached hydrogen (secondary N) is 1. The Morgan fingerprint density at radius 3 is 2.44 bits per heavy atom. The van der Waals surface area contributed by atoms with Crippen LogP contribution in [0.2, 0.25) is 0 Å². The van der Waals surface area contributed by atoms with E-state index in [1.165, 1.54) is 12.1 Å². The fraction of sp³-hybridized carbons (Fsp3) is 0.452. The number of aliphatic imine (C=N–C) groups is 1. The average Bonchev–Trinajstić information content (AvgIpc) is 3.52. The van der Waals surface area contributed by atoms with Crippen molar-refractivity contribution in [2.75, 3.05) is 19.8 Å². The number of nitrogens with zero attached hydrogens (tertiary/aromatic N) is 4. The number of hydrogen-bond donors (Lipinski definition) is 1. The monoisotopic (exact) mass is 798 g/mol. The Hall–Kier alpha value is -4.96. The Kier molecular flexibility index (Phi) is 10.7. The van der Waals surface area contributed by atoms with Gasteiger partial charge in [-0.05, 0) is 90.1 Å². The number of aromatic nitrogens is 2.